The molecule has 9 heteroatoms. The van der Waals surface area contributed by atoms with E-state index in [9.17, 15) is 0 Å². The Morgan fingerprint density at radius 2 is 1.84 bits per heavy atom. The molecule has 2 aromatic carbocycles. The van der Waals surface area contributed by atoms with Gasteiger partial charge in [0.1, 0.15) is 11.7 Å². The summed E-state index contributed by atoms with van der Waals surface area (Å²) in [6.45, 7) is 2.17. The van der Waals surface area contributed by atoms with Crippen molar-refractivity contribution in [3.8, 4) is 11.1 Å². The Hall–Kier alpha value is -2.84. The predicted octanol–water partition coefficient (Wildman–Crippen LogP) is 5.24. The summed E-state index contributed by atoms with van der Waals surface area (Å²) in [6, 6.07) is 16.0. The lowest BCUT2D eigenvalue weighted by atomic mass is 10.0. The fourth-order valence-electron chi connectivity index (χ4n) is 3.28. The van der Waals surface area contributed by atoms with Crippen molar-refractivity contribution in [1.29, 1.82) is 0 Å². The van der Waals surface area contributed by atoms with Crippen molar-refractivity contribution in [2.45, 2.75) is 13.0 Å². The molecule has 0 saturated carbocycles. The highest BCUT2D eigenvalue weighted by molar-refractivity contribution is 6.44. The number of hydrazine groups is 1. The molecule has 1 aliphatic heterocycles. The minimum Gasteiger partial charge on any atom is -0.520 e. The van der Waals surface area contributed by atoms with Gasteiger partial charge in [-0.05, 0) is 50.3 Å². The van der Waals surface area contributed by atoms with E-state index in [0.717, 1.165) is 11.1 Å². The summed E-state index contributed by atoms with van der Waals surface area (Å²) in [5.41, 5.74) is 17.4. The van der Waals surface area contributed by atoms with Crippen LogP contribution >= 0.6 is 23.2 Å². The molecule has 2 heterocycles. The highest BCUT2D eigenvalue weighted by Gasteiger charge is 2.22. The van der Waals surface area contributed by atoms with Crippen LogP contribution < -0.4 is 16.3 Å². The number of nitrogens with one attached hydrogen (secondary N) is 1. The van der Waals surface area contributed by atoms with E-state index in [1.54, 1.807) is 23.3 Å². The van der Waals surface area contributed by atoms with Crippen LogP contribution in [0.25, 0.3) is 16.7 Å². The van der Waals surface area contributed by atoms with E-state index in [0.29, 0.717) is 39.0 Å². The lowest BCUT2D eigenvalue weighted by Gasteiger charge is -2.26. The maximum Gasteiger partial charge on any atom is 0.139 e. The molecule has 3 N–H and O–H groups in total. The van der Waals surface area contributed by atoms with Gasteiger partial charge in [-0.2, -0.15) is 0 Å². The zero-order valence-corrected chi connectivity index (χ0v) is 18.9. The number of rotatable bonds is 5. The average Bonchev–Trinajstić information content (AvgIpc) is 3.25. The van der Waals surface area contributed by atoms with E-state index in [1.165, 1.54) is 5.56 Å². The molecular formula is C22H22Cl2N7-. The highest BCUT2D eigenvalue weighted by Crippen LogP contribution is 2.35. The van der Waals surface area contributed by atoms with Crippen molar-refractivity contribution in [2.75, 3.05) is 24.8 Å². The molecule has 0 spiro atoms. The maximum absolute atomic E-state index is 6.39. The molecule has 31 heavy (non-hydrogen) atoms. The maximum atomic E-state index is 6.39. The van der Waals surface area contributed by atoms with Gasteiger partial charge in [-0.3, -0.25) is 10.5 Å². The first-order valence-corrected chi connectivity index (χ1v) is 10.4. The van der Waals surface area contributed by atoms with Crippen molar-refractivity contribution in [1.82, 2.24) is 15.4 Å². The number of hydrogen-bond donors (Lipinski definition) is 2. The zero-order valence-electron chi connectivity index (χ0n) is 17.3. The Kier molecular flexibility index (Phi) is 6.02. The molecule has 0 radical (unpaired) electrons. The highest BCUT2D eigenvalue weighted by atomic mass is 35.5. The molecule has 1 unspecified atom stereocenters. The van der Waals surface area contributed by atoms with Gasteiger partial charge in [0.15, 0.2) is 0 Å². The Balaban J connectivity index is 1.69. The van der Waals surface area contributed by atoms with Gasteiger partial charge in [-0.1, -0.05) is 53.5 Å². The van der Waals surface area contributed by atoms with Crippen LogP contribution in [-0.2, 0) is 0 Å². The largest absolute Gasteiger partial charge is 0.520 e. The van der Waals surface area contributed by atoms with Crippen molar-refractivity contribution in [2.24, 2.45) is 5.10 Å². The number of benzene rings is 2. The van der Waals surface area contributed by atoms with E-state index in [-0.39, 0.29) is 0 Å². The molecule has 160 valence electrons. The molecule has 0 bridgehead atoms. The SMILES string of the molecule is CC(c1ccc(-c2cnc(N)c(C3=N[N-]NN3c3cccc(Cl)c3Cl)c2)cc1)N(C)C. The minimum absolute atomic E-state index is 0.325. The molecule has 1 aliphatic rings. The van der Waals surface area contributed by atoms with Crippen LogP contribution in [-0.4, -0.2) is 29.8 Å². The number of nitrogen functional groups attached to an aromatic ring is 1. The normalized spacial score (nSPS) is 14.5. The van der Waals surface area contributed by atoms with Gasteiger partial charge in [-0.25, -0.2) is 4.98 Å². The predicted molar refractivity (Wildman–Crippen MR) is 128 cm³/mol. The van der Waals surface area contributed by atoms with Crippen molar-refractivity contribution in [3.63, 3.8) is 0 Å². The number of nitrogens with zero attached hydrogens (tertiary/aromatic N) is 5. The van der Waals surface area contributed by atoms with Gasteiger partial charge < -0.3 is 21.3 Å². The summed E-state index contributed by atoms with van der Waals surface area (Å²) in [4.78, 5) is 6.56. The van der Waals surface area contributed by atoms with Gasteiger partial charge in [0.25, 0.3) is 0 Å². The Morgan fingerprint density at radius 1 is 1.10 bits per heavy atom. The van der Waals surface area contributed by atoms with Crippen molar-refractivity contribution < 1.29 is 0 Å². The molecule has 0 saturated heterocycles. The van der Waals surface area contributed by atoms with Crippen LogP contribution in [0.15, 0.2) is 59.8 Å². The van der Waals surface area contributed by atoms with E-state index >= 15 is 0 Å². The first-order valence-electron chi connectivity index (χ1n) is 9.67. The molecule has 0 amide bonds. The number of amidine groups is 1. The number of nitrogens with two attached hydrogens (primary N) is 1. The second kappa shape index (κ2) is 8.72. The number of hydrogen-bond acceptors (Lipinski definition) is 6. The zero-order chi connectivity index (χ0) is 22.1. The second-order valence-electron chi connectivity index (χ2n) is 7.45. The van der Waals surface area contributed by atoms with Crippen LogP contribution in [0.1, 0.15) is 24.1 Å². The summed E-state index contributed by atoms with van der Waals surface area (Å²) in [5.74, 6) is 0.816. The third-order valence-electron chi connectivity index (χ3n) is 5.33. The number of halogens is 2. The molecule has 7 nitrogen and oxygen atoms in total. The quantitative estimate of drug-likeness (QED) is 0.550. The number of pyridine rings is 1. The Bertz CT molecular complexity index is 1130. The van der Waals surface area contributed by atoms with Gasteiger partial charge in [-0.15, -0.1) is 0 Å². The van der Waals surface area contributed by atoms with Crippen LogP contribution in [0.2, 0.25) is 10.0 Å². The fourth-order valence-corrected chi connectivity index (χ4v) is 3.66. The average molecular weight is 455 g/mol. The molecule has 1 atom stereocenters. The molecule has 1 aromatic heterocycles. The summed E-state index contributed by atoms with van der Waals surface area (Å²) >= 11 is 12.6. The summed E-state index contributed by atoms with van der Waals surface area (Å²) < 4.78 is 0. The number of aromatic nitrogens is 1. The van der Waals surface area contributed by atoms with Crippen LogP contribution in [0.3, 0.4) is 0 Å². The number of anilines is 2. The van der Waals surface area contributed by atoms with E-state index in [4.69, 9.17) is 28.9 Å². The second-order valence-corrected chi connectivity index (χ2v) is 8.24. The minimum atomic E-state index is 0.325. The summed E-state index contributed by atoms with van der Waals surface area (Å²) in [5, 5.41) is 6.66. The lowest BCUT2D eigenvalue weighted by molar-refractivity contribution is 0.321. The van der Waals surface area contributed by atoms with Crippen molar-refractivity contribution >= 4 is 40.5 Å². The lowest BCUT2D eigenvalue weighted by Crippen LogP contribution is -2.36. The third-order valence-corrected chi connectivity index (χ3v) is 6.14. The van der Waals surface area contributed by atoms with Gasteiger partial charge in [0, 0.05) is 17.8 Å². The smallest absolute Gasteiger partial charge is 0.139 e. The van der Waals surface area contributed by atoms with E-state index < -0.39 is 0 Å². The first kappa shape index (κ1) is 21.4. The summed E-state index contributed by atoms with van der Waals surface area (Å²) in [6.07, 6.45) is 1.75. The Morgan fingerprint density at radius 3 is 2.55 bits per heavy atom. The molecule has 4 rings (SSSR count). The van der Waals surface area contributed by atoms with Crippen LogP contribution in [0.5, 0.6) is 0 Å². The molecule has 0 fully saturated rings. The first-order chi connectivity index (χ1) is 14.9. The molecule has 3 aromatic rings. The van der Waals surface area contributed by atoms with E-state index in [2.05, 4.69) is 71.3 Å². The standard InChI is InChI=1S/C22H22Cl2N7/c1-13(30(2)3)14-7-9-15(10-8-14)16-11-17(21(25)26-12-16)22-27-28-29-31(22)19-6-4-5-18(23)20(19)24/h4-13,29H,1-3H3,(H2,25,26)/q-1. The monoisotopic (exact) mass is 454 g/mol. The Labute approximate surface area is 191 Å². The van der Waals surface area contributed by atoms with Gasteiger partial charge >= 0.3 is 0 Å². The third kappa shape index (κ3) is 4.18. The van der Waals surface area contributed by atoms with Gasteiger partial charge in [0.2, 0.25) is 0 Å². The fraction of sp³-hybridized carbons (Fsp3) is 0.182. The molecule has 0 aliphatic carbocycles. The van der Waals surface area contributed by atoms with Crippen LogP contribution in [0.4, 0.5) is 11.5 Å². The molecular weight excluding hydrogens is 433 g/mol. The van der Waals surface area contributed by atoms with Gasteiger partial charge in [0.05, 0.1) is 21.3 Å². The topological polar surface area (TPSA) is 83.9 Å². The summed E-state index contributed by atoms with van der Waals surface area (Å²) in [7, 11) is 4.13. The van der Waals surface area contributed by atoms with Crippen LogP contribution in [0, 0.1) is 0 Å². The van der Waals surface area contributed by atoms with Crippen molar-refractivity contribution in [3.05, 3.63) is 81.4 Å². The van der Waals surface area contributed by atoms with E-state index in [1.807, 2.05) is 12.1 Å².